The number of carboxylic acid groups (broad SMARTS) is 1. The molecule has 1 saturated carbocycles. The zero-order valence-electron chi connectivity index (χ0n) is 18.4. The normalized spacial score (nSPS) is 15.5. The van der Waals surface area contributed by atoms with E-state index in [1.165, 1.54) is 18.2 Å². The van der Waals surface area contributed by atoms with E-state index in [1.54, 1.807) is 47.4 Å². The lowest BCUT2D eigenvalue weighted by Crippen LogP contribution is -2.36. The molecule has 3 aromatic rings. The number of nitrogens with one attached hydrogen (secondary N) is 1. The van der Waals surface area contributed by atoms with Gasteiger partial charge < -0.3 is 10.0 Å². The van der Waals surface area contributed by atoms with Crippen molar-refractivity contribution in [2.24, 2.45) is 5.92 Å². The van der Waals surface area contributed by atoms with Crippen LogP contribution in [0.2, 0.25) is 0 Å². The lowest BCUT2D eigenvalue weighted by Gasteiger charge is -2.30. The summed E-state index contributed by atoms with van der Waals surface area (Å²) in [6, 6.07) is 18.1. The molecule has 7 nitrogen and oxygen atoms in total. The maximum Gasteiger partial charge on any atom is 0.335 e. The molecular formula is C26H24N2O5S. The summed E-state index contributed by atoms with van der Waals surface area (Å²) in [5, 5.41) is 9.19. The first-order valence-corrected chi connectivity index (χ1v) is 12.7. The predicted octanol–water partition coefficient (Wildman–Crippen LogP) is 4.54. The molecule has 2 N–H and O–H groups in total. The second kappa shape index (κ2) is 8.61. The summed E-state index contributed by atoms with van der Waals surface area (Å²) >= 11 is 0. The van der Waals surface area contributed by atoms with Crippen molar-refractivity contribution in [3.8, 4) is 11.1 Å². The van der Waals surface area contributed by atoms with Crippen LogP contribution in [0, 0.1) is 5.92 Å². The topological polar surface area (TPSA) is 104 Å². The first-order chi connectivity index (χ1) is 16.3. The fourth-order valence-corrected chi connectivity index (χ4v) is 5.34. The maximum atomic E-state index is 13.0. The molecule has 3 aromatic carbocycles. The minimum atomic E-state index is -3.85. The molecule has 1 amide bonds. The van der Waals surface area contributed by atoms with Gasteiger partial charge in [0.05, 0.1) is 16.1 Å². The minimum Gasteiger partial charge on any atom is -0.478 e. The number of hydrogen-bond donors (Lipinski definition) is 2. The molecule has 1 aliphatic carbocycles. The van der Waals surface area contributed by atoms with E-state index in [0.717, 1.165) is 36.9 Å². The SMILES string of the molecule is O=C(O)c1cccc(-c2ccc(S(=O)(=O)Nc3ccc4c(c3)N(C(=O)C3CC3)CCC4)cc2)c1. The molecule has 0 radical (unpaired) electrons. The van der Waals surface area contributed by atoms with E-state index >= 15 is 0 Å². The molecule has 1 fully saturated rings. The van der Waals surface area contributed by atoms with Crippen molar-refractivity contribution in [1.29, 1.82) is 0 Å². The number of benzene rings is 3. The molecule has 34 heavy (non-hydrogen) atoms. The number of aromatic carboxylic acids is 1. The summed E-state index contributed by atoms with van der Waals surface area (Å²) in [6.07, 6.45) is 3.61. The second-order valence-corrected chi connectivity index (χ2v) is 10.4. The molecular weight excluding hydrogens is 452 g/mol. The Morgan fingerprint density at radius 2 is 1.71 bits per heavy atom. The molecule has 5 rings (SSSR count). The zero-order chi connectivity index (χ0) is 23.9. The first kappa shape index (κ1) is 22.2. The van der Waals surface area contributed by atoms with Crippen molar-refractivity contribution in [3.63, 3.8) is 0 Å². The van der Waals surface area contributed by atoms with E-state index in [0.29, 0.717) is 23.4 Å². The lowest BCUT2D eigenvalue weighted by atomic mass is 10.0. The standard InChI is InChI=1S/C26H24N2O5S/c29-25(19-6-7-19)28-14-2-5-18-8-11-22(16-24(18)28)27-34(32,33)23-12-9-17(10-13-23)20-3-1-4-21(15-20)26(30)31/h1,3-4,8-13,15-16,19,27H,2,5-7,14H2,(H,30,31). The van der Waals surface area contributed by atoms with Crippen LogP contribution in [0.15, 0.2) is 71.6 Å². The Morgan fingerprint density at radius 3 is 2.41 bits per heavy atom. The van der Waals surface area contributed by atoms with Gasteiger partial charge in [0, 0.05) is 18.2 Å². The number of hydrogen-bond acceptors (Lipinski definition) is 4. The molecule has 174 valence electrons. The highest BCUT2D eigenvalue weighted by atomic mass is 32.2. The van der Waals surface area contributed by atoms with Gasteiger partial charge in [-0.1, -0.05) is 30.3 Å². The number of carbonyl (C=O) groups excluding carboxylic acids is 1. The van der Waals surface area contributed by atoms with Crippen LogP contribution in [0.1, 0.15) is 35.2 Å². The molecule has 0 bridgehead atoms. The van der Waals surface area contributed by atoms with Crippen molar-refractivity contribution in [3.05, 3.63) is 77.9 Å². The van der Waals surface area contributed by atoms with E-state index in [-0.39, 0.29) is 22.3 Å². The Kier molecular flexibility index (Phi) is 5.61. The van der Waals surface area contributed by atoms with Gasteiger partial charge in [0.2, 0.25) is 5.91 Å². The highest BCUT2D eigenvalue weighted by Crippen LogP contribution is 2.37. The molecule has 0 spiro atoms. The number of amides is 1. The number of anilines is 2. The zero-order valence-corrected chi connectivity index (χ0v) is 19.2. The van der Waals surface area contributed by atoms with E-state index in [2.05, 4.69) is 4.72 Å². The number of nitrogens with zero attached hydrogens (tertiary/aromatic N) is 1. The third-order valence-electron chi connectivity index (χ3n) is 6.26. The van der Waals surface area contributed by atoms with Crippen molar-refractivity contribution < 1.29 is 23.1 Å². The van der Waals surface area contributed by atoms with Crippen LogP contribution in [-0.2, 0) is 21.2 Å². The molecule has 8 heteroatoms. The Morgan fingerprint density at radius 1 is 0.941 bits per heavy atom. The van der Waals surface area contributed by atoms with Crippen molar-refractivity contribution in [2.45, 2.75) is 30.6 Å². The Balaban J connectivity index is 1.38. The van der Waals surface area contributed by atoms with Crippen LogP contribution in [0.4, 0.5) is 11.4 Å². The molecule has 0 unspecified atom stereocenters. The molecule has 0 aromatic heterocycles. The fourth-order valence-electron chi connectivity index (χ4n) is 4.29. The summed E-state index contributed by atoms with van der Waals surface area (Å²) < 4.78 is 28.7. The Labute approximate surface area is 198 Å². The fraction of sp³-hybridized carbons (Fsp3) is 0.231. The lowest BCUT2D eigenvalue weighted by molar-refractivity contribution is -0.119. The number of rotatable bonds is 6. The smallest absolute Gasteiger partial charge is 0.335 e. The molecule has 1 aliphatic heterocycles. The maximum absolute atomic E-state index is 13.0. The quantitative estimate of drug-likeness (QED) is 0.544. The van der Waals surface area contributed by atoms with Gasteiger partial charge in [0.1, 0.15) is 0 Å². The molecule has 2 aliphatic rings. The second-order valence-electron chi connectivity index (χ2n) is 8.73. The average molecular weight is 477 g/mol. The van der Waals surface area contributed by atoms with Crippen LogP contribution in [0.3, 0.4) is 0 Å². The summed E-state index contributed by atoms with van der Waals surface area (Å²) in [6.45, 7) is 0.656. The predicted molar refractivity (Wildman–Crippen MR) is 129 cm³/mol. The number of carbonyl (C=O) groups is 2. The van der Waals surface area contributed by atoms with Crippen LogP contribution >= 0.6 is 0 Å². The molecule has 0 atom stereocenters. The van der Waals surface area contributed by atoms with Crippen molar-refractivity contribution in [1.82, 2.24) is 0 Å². The summed E-state index contributed by atoms with van der Waals surface area (Å²) in [7, 11) is -3.85. The van der Waals surface area contributed by atoms with Crippen molar-refractivity contribution >= 4 is 33.3 Å². The van der Waals surface area contributed by atoms with E-state index in [4.69, 9.17) is 0 Å². The van der Waals surface area contributed by atoms with E-state index in [1.807, 2.05) is 6.07 Å². The molecule has 1 heterocycles. The van der Waals surface area contributed by atoms with Crippen LogP contribution < -0.4 is 9.62 Å². The monoisotopic (exact) mass is 476 g/mol. The van der Waals surface area contributed by atoms with Crippen LogP contribution in [0.5, 0.6) is 0 Å². The van der Waals surface area contributed by atoms with Gasteiger partial charge in [0.15, 0.2) is 0 Å². The van der Waals surface area contributed by atoms with Crippen LogP contribution in [-0.4, -0.2) is 31.9 Å². The van der Waals surface area contributed by atoms with Crippen molar-refractivity contribution in [2.75, 3.05) is 16.2 Å². The Bertz CT molecular complexity index is 1380. The van der Waals surface area contributed by atoms with Gasteiger partial charge in [-0.15, -0.1) is 0 Å². The number of sulfonamides is 1. The van der Waals surface area contributed by atoms with Crippen LogP contribution in [0.25, 0.3) is 11.1 Å². The van der Waals surface area contributed by atoms with Gasteiger partial charge in [-0.25, -0.2) is 13.2 Å². The Hall–Kier alpha value is -3.65. The van der Waals surface area contributed by atoms with Gasteiger partial charge in [0.25, 0.3) is 10.0 Å². The minimum absolute atomic E-state index is 0.0919. The molecule has 0 saturated heterocycles. The highest BCUT2D eigenvalue weighted by molar-refractivity contribution is 7.92. The van der Waals surface area contributed by atoms with E-state index in [9.17, 15) is 23.1 Å². The third-order valence-corrected chi connectivity index (χ3v) is 7.65. The summed E-state index contributed by atoms with van der Waals surface area (Å²) in [5.74, 6) is -0.794. The van der Waals surface area contributed by atoms with Gasteiger partial charge in [-0.05, 0) is 78.8 Å². The summed E-state index contributed by atoms with van der Waals surface area (Å²) in [4.78, 5) is 25.8. The van der Waals surface area contributed by atoms with Gasteiger partial charge in [-0.3, -0.25) is 9.52 Å². The largest absolute Gasteiger partial charge is 0.478 e. The van der Waals surface area contributed by atoms with Gasteiger partial charge in [-0.2, -0.15) is 0 Å². The first-order valence-electron chi connectivity index (χ1n) is 11.2. The van der Waals surface area contributed by atoms with E-state index < -0.39 is 16.0 Å². The highest BCUT2D eigenvalue weighted by Gasteiger charge is 2.35. The number of carboxylic acids is 1. The number of fused-ring (bicyclic) bond motifs is 1. The summed E-state index contributed by atoms with van der Waals surface area (Å²) in [5.41, 5.74) is 3.81. The average Bonchev–Trinajstić information content (AvgIpc) is 3.69. The van der Waals surface area contributed by atoms with Gasteiger partial charge >= 0.3 is 5.97 Å². The number of aryl methyl sites for hydroxylation is 1. The third kappa shape index (κ3) is 4.41.